The number of nitrogens with two attached hydrogens (primary N) is 2. The van der Waals surface area contributed by atoms with E-state index < -0.39 is 0 Å². The predicted molar refractivity (Wildman–Crippen MR) is 60.1 cm³/mol. The van der Waals surface area contributed by atoms with Gasteiger partial charge in [0.05, 0.1) is 13.7 Å². The summed E-state index contributed by atoms with van der Waals surface area (Å²) in [5.74, 6) is 1.39. The lowest BCUT2D eigenvalue weighted by molar-refractivity contribution is 0.306. The summed E-state index contributed by atoms with van der Waals surface area (Å²) in [5, 5.41) is 0. The molecule has 1 aromatic carbocycles. The molecule has 15 heavy (non-hydrogen) atoms. The Kier molecular flexibility index (Phi) is 4.39. The highest BCUT2D eigenvalue weighted by molar-refractivity contribution is 5.48. The molecule has 0 aromatic heterocycles. The molecule has 0 fully saturated rings. The Bertz CT molecular complexity index is 315. The fraction of sp³-hybridized carbons (Fsp3) is 0.455. The van der Waals surface area contributed by atoms with Gasteiger partial charge in [0.2, 0.25) is 0 Å². The summed E-state index contributed by atoms with van der Waals surface area (Å²) in [6.07, 6.45) is 0. The number of methoxy groups -OCH3 is 1. The zero-order chi connectivity index (χ0) is 11.3. The molecule has 0 heterocycles. The molecule has 4 nitrogen and oxygen atoms in total. The molecule has 0 bridgehead atoms. The highest BCUT2D eigenvalue weighted by Gasteiger charge is 2.14. The van der Waals surface area contributed by atoms with Crippen LogP contribution >= 0.6 is 0 Å². The Balaban J connectivity index is 3.12. The van der Waals surface area contributed by atoms with Crippen LogP contribution in [0.4, 0.5) is 0 Å². The van der Waals surface area contributed by atoms with E-state index in [-0.39, 0.29) is 6.04 Å². The molecule has 1 atom stereocenters. The average Bonchev–Trinajstić information content (AvgIpc) is 2.28. The van der Waals surface area contributed by atoms with E-state index in [9.17, 15) is 0 Å². The lowest BCUT2D eigenvalue weighted by Crippen LogP contribution is -2.21. The fourth-order valence-electron chi connectivity index (χ4n) is 1.41. The molecule has 1 aromatic rings. The van der Waals surface area contributed by atoms with Gasteiger partial charge in [0.25, 0.3) is 0 Å². The van der Waals surface area contributed by atoms with E-state index in [1.54, 1.807) is 7.11 Å². The van der Waals surface area contributed by atoms with Crippen LogP contribution in [0.15, 0.2) is 18.2 Å². The van der Waals surface area contributed by atoms with Gasteiger partial charge in [-0.05, 0) is 13.0 Å². The van der Waals surface area contributed by atoms with Crippen molar-refractivity contribution in [1.29, 1.82) is 0 Å². The fourth-order valence-corrected chi connectivity index (χ4v) is 1.41. The molecule has 0 amide bonds. The summed E-state index contributed by atoms with van der Waals surface area (Å²) < 4.78 is 10.7. The van der Waals surface area contributed by atoms with Crippen LogP contribution in [0.25, 0.3) is 0 Å². The monoisotopic (exact) mass is 210 g/mol. The van der Waals surface area contributed by atoms with Crippen molar-refractivity contribution < 1.29 is 9.47 Å². The first-order valence-electron chi connectivity index (χ1n) is 4.99. The topological polar surface area (TPSA) is 70.5 Å². The van der Waals surface area contributed by atoms with Crippen molar-refractivity contribution in [2.45, 2.75) is 13.0 Å². The molecule has 4 N–H and O–H groups in total. The maximum Gasteiger partial charge on any atom is 0.165 e. The van der Waals surface area contributed by atoms with E-state index in [4.69, 9.17) is 20.9 Å². The Hall–Kier alpha value is -1.26. The minimum atomic E-state index is -0.221. The molecule has 0 radical (unpaired) electrons. The largest absolute Gasteiger partial charge is 0.493 e. The predicted octanol–water partition coefficient (Wildman–Crippen LogP) is 1.05. The summed E-state index contributed by atoms with van der Waals surface area (Å²) in [6.45, 7) is 2.88. The van der Waals surface area contributed by atoms with Gasteiger partial charge in [0.15, 0.2) is 11.5 Å². The van der Waals surface area contributed by atoms with E-state index >= 15 is 0 Å². The molecule has 0 aliphatic carbocycles. The van der Waals surface area contributed by atoms with E-state index in [2.05, 4.69) is 0 Å². The van der Waals surface area contributed by atoms with E-state index in [0.717, 1.165) is 5.56 Å². The van der Waals surface area contributed by atoms with Crippen molar-refractivity contribution in [3.63, 3.8) is 0 Å². The smallest absolute Gasteiger partial charge is 0.165 e. The number of rotatable bonds is 5. The molecule has 0 spiro atoms. The van der Waals surface area contributed by atoms with Crippen molar-refractivity contribution in [3.8, 4) is 11.5 Å². The zero-order valence-electron chi connectivity index (χ0n) is 9.19. The third-order valence-electron chi connectivity index (χ3n) is 2.17. The third-order valence-corrected chi connectivity index (χ3v) is 2.17. The number of para-hydroxylation sites is 1. The van der Waals surface area contributed by atoms with Crippen LogP contribution in [0.1, 0.15) is 18.5 Å². The van der Waals surface area contributed by atoms with Gasteiger partial charge in [-0.2, -0.15) is 0 Å². The van der Waals surface area contributed by atoms with Crippen molar-refractivity contribution in [2.24, 2.45) is 11.5 Å². The minimum Gasteiger partial charge on any atom is -0.493 e. The standard InChI is InChI=1S/C11H18N2O2/c1-3-15-11-8(9(13)7-12)5-4-6-10(11)14-2/h4-6,9H,3,7,12-13H2,1-2H3/t9-/m0/s1. The number of hydrogen-bond donors (Lipinski definition) is 2. The van der Waals surface area contributed by atoms with Crippen LogP contribution in [0.5, 0.6) is 11.5 Å². The second-order valence-electron chi connectivity index (χ2n) is 3.15. The van der Waals surface area contributed by atoms with Crippen LogP contribution < -0.4 is 20.9 Å². The maximum atomic E-state index is 5.89. The zero-order valence-corrected chi connectivity index (χ0v) is 9.19. The summed E-state index contributed by atoms with van der Waals surface area (Å²) in [6, 6.07) is 5.41. The quantitative estimate of drug-likeness (QED) is 0.762. The molecule has 4 heteroatoms. The van der Waals surface area contributed by atoms with Gasteiger partial charge in [-0.25, -0.2) is 0 Å². The van der Waals surface area contributed by atoms with Gasteiger partial charge < -0.3 is 20.9 Å². The Labute approximate surface area is 90.2 Å². The summed E-state index contributed by atoms with van der Waals surface area (Å²) >= 11 is 0. The first-order chi connectivity index (χ1) is 7.24. The second kappa shape index (κ2) is 5.58. The molecule has 0 saturated heterocycles. The van der Waals surface area contributed by atoms with Crippen molar-refractivity contribution in [3.05, 3.63) is 23.8 Å². The van der Waals surface area contributed by atoms with Crippen LogP contribution in [-0.2, 0) is 0 Å². The normalized spacial score (nSPS) is 12.3. The second-order valence-corrected chi connectivity index (χ2v) is 3.15. The summed E-state index contributed by atoms with van der Waals surface area (Å²) in [4.78, 5) is 0. The van der Waals surface area contributed by atoms with Gasteiger partial charge in [0.1, 0.15) is 0 Å². The van der Waals surface area contributed by atoms with Gasteiger partial charge in [-0.15, -0.1) is 0 Å². The molecular formula is C11H18N2O2. The van der Waals surface area contributed by atoms with Crippen molar-refractivity contribution in [1.82, 2.24) is 0 Å². The van der Waals surface area contributed by atoms with E-state index in [1.165, 1.54) is 0 Å². The number of ether oxygens (including phenoxy) is 2. The molecule has 0 aliphatic heterocycles. The van der Waals surface area contributed by atoms with Gasteiger partial charge in [-0.3, -0.25) is 0 Å². The van der Waals surface area contributed by atoms with Crippen LogP contribution in [0.2, 0.25) is 0 Å². The summed E-state index contributed by atoms with van der Waals surface area (Å²) in [5.41, 5.74) is 12.3. The van der Waals surface area contributed by atoms with Crippen LogP contribution in [0, 0.1) is 0 Å². The molecule has 0 aliphatic rings. The van der Waals surface area contributed by atoms with Gasteiger partial charge >= 0.3 is 0 Å². The Morgan fingerprint density at radius 1 is 1.40 bits per heavy atom. The first kappa shape index (κ1) is 11.8. The number of hydrogen-bond acceptors (Lipinski definition) is 4. The van der Waals surface area contributed by atoms with Crippen LogP contribution in [0.3, 0.4) is 0 Å². The first-order valence-corrected chi connectivity index (χ1v) is 4.99. The van der Waals surface area contributed by atoms with E-state index in [0.29, 0.717) is 24.7 Å². The lowest BCUT2D eigenvalue weighted by Gasteiger charge is -2.17. The highest BCUT2D eigenvalue weighted by atomic mass is 16.5. The Morgan fingerprint density at radius 3 is 2.67 bits per heavy atom. The summed E-state index contributed by atoms with van der Waals surface area (Å²) in [7, 11) is 1.61. The van der Waals surface area contributed by atoms with Crippen LogP contribution in [-0.4, -0.2) is 20.3 Å². The average molecular weight is 210 g/mol. The van der Waals surface area contributed by atoms with Crippen molar-refractivity contribution >= 4 is 0 Å². The van der Waals surface area contributed by atoms with E-state index in [1.807, 2.05) is 25.1 Å². The SMILES string of the molecule is CCOc1c(OC)cccc1[C@@H](N)CN. The lowest BCUT2D eigenvalue weighted by atomic mass is 10.1. The highest BCUT2D eigenvalue weighted by Crippen LogP contribution is 2.33. The molecule has 1 rings (SSSR count). The maximum absolute atomic E-state index is 5.89. The number of benzene rings is 1. The molecule has 84 valence electrons. The van der Waals surface area contributed by atoms with Gasteiger partial charge in [-0.1, -0.05) is 12.1 Å². The molecular weight excluding hydrogens is 192 g/mol. The van der Waals surface area contributed by atoms with Gasteiger partial charge in [0, 0.05) is 18.2 Å². The minimum absolute atomic E-state index is 0.221. The van der Waals surface area contributed by atoms with Crippen molar-refractivity contribution in [2.75, 3.05) is 20.3 Å². The molecule has 0 saturated carbocycles. The third kappa shape index (κ3) is 2.61. The Morgan fingerprint density at radius 2 is 2.13 bits per heavy atom. The molecule has 0 unspecified atom stereocenters.